The number of aliphatic hydroxyl groups is 2. The van der Waals surface area contributed by atoms with Gasteiger partial charge in [0.2, 0.25) is 0 Å². The van der Waals surface area contributed by atoms with E-state index in [1.807, 2.05) is 48.5 Å². The fraction of sp³-hybridized carbons (Fsp3) is 0.0741. The Morgan fingerprint density at radius 1 is 0.507 bits per heavy atom. The fourth-order valence-corrected chi connectivity index (χ4v) is 6.97. The predicted octanol–water partition coefficient (Wildman–Crippen LogP) is 9.20. The molecule has 0 saturated heterocycles. The van der Waals surface area contributed by atoms with Crippen LogP contribution in [0, 0.1) is 0 Å². The summed E-state index contributed by atoms with van der Waals surface area (Å²) in [6.45, 7) is -1.36. The van der Waals surface area contributed by atoms with E-state index in [9.17, 15) is 44.1 Å². The van der Waals surface area contributed by atoms with E-state index in [0.29, 0.717) is 27.7 Å². The van der Waals surface area contributed by atoms with Crippen molar-refractivity contribution in [2.24, 2.45) is 10.2 Å². The lowest BCUT2D eigenvalue weighted by atomic mass is 10.0. The van der Waals surface area contributed by atoms with Crippen LogP contribution in [-0.4, -0.2) is 83.2 Å². The molecule has 0 heterocycles. The van der Waals surface area contributed by atoms with E-state index in [1.54, 1.807) is 78.9 Å². The van der Waals surface area contributed by atoms with Gasteiger partial charge in [-0.3, -0.25) is 19.2 Å². The molecule has 0 aromatic heterocycles. The normalized spacial score (nSPS) is 10.5. The quantitative estimate of drug-likeness (QED) is 0.0261. The second kappa shape index (κ2) is 23.9. The molecule has 0 fully saturated rings. The molecule has 0 radical (unpaired) electrons. The minimum absolute atomic E-state index is 0.000808. The van der Waals surface area contributed by atoms with Gasteiger partial charge >= 0.3 is 11.9 Å². The molecule has 8 rings (SSSR count). The number of anilines is 3. The van der Waals surface area contributed by atoms with Crippen molar-refractivity contribution in [1.82, 2.24) is 0 Å². The van der Waals surface area contributed by atoms with Crippen molar-refractivity contribution in [1.29, 1.82) is 0 Å². The Morgan fingerprint density at radius 2 is 1.01 bits per heavy atom. The number of ether oxygens (including phenoxy) is 2. The Labute approximate surface area is 405 Å². The SMILES string of the molecule is COC(=O)c1ccc(C(=O)CO)c(N=Nc2cc3ccccc3c(C(=O)Nc3ccccc3)c2O)c1.COC(=O)c1ccc(C(=O)CO)cc1N.O=C(Nc1ccccc1)c1c(O)ccc2ccccc12. The minimum atomic E-state index is -0.773. The molecule has 17 nitrogen and oxygen atoms in total. The number of nitrogens with two attached hydrogens (primary N) is 1. The smallest absolute Gasteiger partial charge is 0.339 e. The van der Waals surface area contributed by atoms with Crippen molar-refractivity contribution in [2.75, 3.05) is 43.8 Å². The molecule has 0 spiro atoms. The Hall–Kier alpha value is -9.58. The number of hydrogen-bond donors (Lipinski definition) is 7. The van der Waals surface area contributed by atoms with Crippen LogP contribution in [0.25, 0.3) is 21.5 Å². The van der Waals surface area contributed by atoms with E-state index < -0.39 is 48.4 Å². The number of rotatable bonds is 12. The Kier molecular flexibility index (Phi) is 17.1. The van der Waals surface area contributed by atoms with E-state index in [-0.39, 0.29) is 56.5 Å². The largest absolute Gasteiger partial charge is 0.507 e. The highest BCUT2D eigenvalue weighted by Crippen LogP contribution is 2.39. The molecule has 8 aromatic carbocycles. The Morgan fingerprint density at radius 3 is 1.59 bits per heavy atom. The molecular weight excluding hydrogens is 911 g/mol. The number of amides is 2. The van der Waals surface area contributed by atoms with Crippen LogP contribution in [0.2, 0.25) is 0 Å². The van der Waals surface area contributed by atoms with Crippen LogP contribution in [0.15, 0.2) is 174 Å². The van der Waals surface area contributed by atoms with Gasteiger partial charge in [-0.2, -0.15) is 0 Å². The number of benzene rings is 8. The lowest BCUT2D eigenvalue weighted by Gasteiger charge is -2.12. The third kappa shape index (κ3) is 12.5. The molecule has 358 valence electrons. The van der Waals surface area contributed by atoms with Crippen LogP contribution < -0.4 is 16.4 Å². The first kappa shape index (κ1) is 50.8. The first-order valence-corrected chi connectivity index (χ1v) is 21.4. The van der Waals surface area contributed by atoms with Gasteiger partial charge in [0.15, 0.2) is 17.3 Å². The summed E-state index contributed by atoms with van der Waals surface area (Å²) in [6.07, 6.45) is 0. The van der Waals surface area contributed by atoms with Gasteiger partial charge in [0.1, 0.15) is 24.7 Å². The highest BCUT2D eigenvalue weighted by molar-refractivity contribution is 6.17. The molecule has 0 aliphatic heterocycles. The van der Waals surface area contributed by atoms with Gasteiger partial charge in [0.25, 0.3) is 11.8 Å². The molecule has 8 N–H and O–H groups in total. The van der Waals surface area contributed by atoms with E-state index >= 15 is 0 Å². The number of nitrogens with one attached hydrogen (secondary N) is 2. The Bertz CT molecular complexity index is 3310. The average Bonchev–Trinajstić information content (AvgIpc) is 3.40. The van der Waals surface area contributed by atoms with E-state index in [0.717, 1.165) is 10.8 Å². The monoisotopic (exact) mass is 955 g/mol. The number of nitrogen functional groups attached to an aromatic ring is 1. The van der Waals surface area contributed by atoms with E-state index in [2.05, 4.69) is 25.6 Å². The summed E-state index contributed by atoms with van der Waals surface area (Å²) in [5, 5.41) is 55.4. The van der Waals surface area contributed by atoms with Gasteiger partial charge in [-0.25, -0.2) is 9.59 Å². The third-order valence-corrected chi connectivity index (χ3v) is 10.5. The Balaban J connectivity index is 0.000000197. The molecule has 0 saturated carbocycles. The zero-order chi connectivity index (χ0) is 51.0. The number of hydrogen-bond acceptors (Lipinski definition) is 15. The zero-order valence-electron chi connectivity index (χ0n) is 38.0. The van der Waals surface area contributed by atoms with Crippen molar-refractivity contribution >= 4 is 85.3 Å². The van der Waals surface area contributed by atoms with Gasteiger partial charge in [-0.15, -0.1) is 10.2 Å². The minimum Gasteiger partial charge on any atom is -0.507 e. The summed E-state index contributed by atoms with van der Waals surface area (Å²) < 4.78 is 9.20. The van der Waals surface area contributed by atoms with E-state index in [1.165, 1.54) is 50.6 Å². The second-order valence-corrected chi connectivity index (χ2v) is 15.0. The average molecular weight is 956 g/mol. The van der Waals surface area contributed by atoms with Crippen molar-refractivity contribution in [3.8, 4) is 11.5 Å². The van der Waals surface area contributed by atoms with Gasteiger partial charge < -0.3 is 46.3 Å². The lowest BCUT2D eigenvalue weighted by Crippen LogP contribution is -2.12. The van der Waals surface area contributed by atoms with E-state index in [4.69, 9.17) is 15.6 Å². The zero-order valence-corrected chi connectivity index (χ0v) is 38.0. The van der Waals surface area contributed by atoms with Crippen LogP contribution in [-0.2, 0) is 9.47 Å². The number of phenolic OH excluding ortho intramolecular Hbond substituents is 2. The molecule has 8 aromatic rings. The highest BCUT2D eigenvalue weighted by Gasteiger charge is 2.21. The number of phenols is 2. The van der Waals surface area contributed by atoms with Crippen LogP contribution in [0.4, 0.5) is 28.4 Å². The molecule has 0 unspecified atom stereocenters. The first-order chi connectivity index (χ1) is 34.3. The summed E-state index contributed by atoms with van der Waals surface area (Å²) in [6, 6.07) is 45.5. The number of para-hydroxylation sites is 2. The van der Waals surface area contributed by atoms with Crippen LogP contribution in [0.5, 0.6) is 11.5 Å². The molecule has 0 aliphatic carbocycles. The lowest BCUT2D eigenvalue weighted by molar-refractivity contribution is 0.0592. The molecule has 0 bridgehead atoms. The first-order valence-electron chi connectivity index (χ1n) is 21.4. The number of methoxy groups -OCH3 is 2. The summed E-state index contributed by atoms with van der Waals surface area (Å²) in [7, 11) is 2.46. The van der Waals surface area contributed by atoms with Crippen molar-refractivity contribution < 1.29 is 58.7 Å². The van der Waals surface area contributed by atoms with Crippen molar-refractivity contribution in [3.05, 3.63) is 197 Å². The topological polar surface area (TPSA) is 277 Å². The summed E-state index contributed by atoms with van der Waals surface area (Å²) >= 11 is 0. The molecular formula is C54H45N5O12. The predicted molar refractivity (Wildman–Crippen MR) is 267 cm³/mol. The number of aromatic hydroxyl groups is 2. The maximum atomic E-state index is 13.1. The standard InChI is InChI=1S/C27H21N3O6.C17H13NO2.C10H11NO4/c1-36-27(35)17-11-12-20(23(32)15-31)21(14-17)29-30-22-13-16-7-5-6-10-19(16)24(25(22)33)26(34)28-18-8-3-2-4-9-18;19-15-11-10-12-6-4-5-9-14(12)16(15)17(20)18-13-7-2-1-3-8-13;1-15-10(14)7-3-2-6(4-8(7)11)9(13)5-12/h2-14,31,33H,15H2,1H3,(H,28,34);1-11,19H,(H,18,20);2-4,12H,5,11H2,1H3. The maximum Gasteiger partial charge on any atom is 0.339 e. The molecule has 0 aliphatic rings. The number of azo groups is 1. The summed E-state index contributed by atoms with van der Waals surface area (Å²) in [5.74, 6) is -3.58. The maximum absolute atomic E-state index is 13.1. The number of Topliss-reactive ketones (excluding diaryl/α,β-unsaturated/α-hetero) is 2. The molecule has 0 atom stereocenters. The number of fused-ring (bicyclic) bond motifs is 2. The highest BCUT2D eigenvalue weighted by atomic mass is 16.5. The van der Waals surface area contributed by atoms with Crippen molar-refractivity contribution in [3.63, 3.8) is 0 Å². The molecule has 71 heavy (non-hydrogen) atoms. The van der Waals surface area contributed by atoms with Gasteiger partial charge in [0.05, 0.1) is 42.2 Å². The number of ketones is 2. The van der Waals surface area contributed by atoms with Gasteiger partial charge in [0, 0.05) is 28.2 Å². The van der Waals surface area contributed by atoms with Crippen molar-refractivity contribution in [2.45, 2.75) is 0 Å². The number of carbonyl (C=O) groups is 6. The van der Waals surface area contributed by atoms with Gasteiger partial charge in [-0.1, -0.05) is 97.1 Å². The van der Waals surface area contributed by atoms with Crippen LogP contribution >= 0.6 is 0 Å². The molecule has 2 amide bonds. The molecule has 17 heteroatoms. The third-order valence-electron chi connectivity index (χ3n) is 10.5. The summed E-state index contributed by atoms with van der Waals surface area (Å²) in [4.78, 5) is 71.9. The number of aliphatic hydroxyl groups excluding tert-OH is 2. The fourth-order valence-electron chi connectivity index (χ4n) is 6.97. The number of esters is 2. The second-order valence-electron chi connectivity index (χ2n) is 15.0. The van der Waals surface area contributed by atoms with Gasteiger partial charge in [-0.05, 0) is 88.3 Å². The number of carbonyl (C=O) groups excluding carboxylic acids is 6. The summed E-state index contributed by atoms with van der Waals surface area (Å²) in [5.41, 5.74) is 7.82. The van der Waals surface area contributed by atoms with Crippen LogP contribution in [0.1, 0.15) is 62.1 Å². The van der Waals surface area contributed by atoms with Crippen LogP contribution in [0.3, 0.4) is 0 Å². The number of nitrogens with zero attached hydrogens (tertiary/aromatic N) is 2.